The number of furan rings is 1. The molecule has 0 aliphatic heterocycles. The average molecular weight is 351 g/mol. The Morgan fingerprint density at radius 3 is 2.76 bits per heavy atom. The van der Waals surface area contributed by atoms with Gasteiger partial charge in [0.2, 0.25) is 0 Å². The van der Waals surface area contributed by atoms with Crippen LogP contribution < -0.4 is 5.32 Å². The highest BCUT2D eigenvalue weighted by Gasteiger charge is 2.26. The van der Waals surface area contributed by atoms with Gasteiger partial charge in [0.15, 0.2) is 0 Å². The Balaban J connectivity index is 1.63. The third-order valence-corrected chi connectivity index (χ3v) is 5.13. The van der Waals surface area contributed by atoms with E-state index in [-0.39, 0.29) is 6.54 Å². The van der Waals surface area contributed by atoms with Gasteiger partial charge in [0, 0.05) is 4.88 Å². The molecule has 0 amide bonds. The number of hydrogen-bond donors (Lipinski definition) is 2. The number of aliphatic hydroxyl groups is 1. The monoisotopic (exact) mass is 351 g/mol. The van der Waals surface area contributed by atoms with Crippen molar-refractivity contribution in [1.29, 1.82) is 0 Å². The lowest BCUT2D eigenvalue weighted by Gasteiger charge is -2.21. The molecule has 0 saturated heterocycles. The van der Waals surface area contributed by atoms with E-state index in [4.69, 9.17) is 4.42 Å². The first-order valence-electron chi connectivity index (χ1n) is 7.94. The Labute approximate surface area is 149 Å². The second kappa shape index (κ2) is 6.31. The first kappa shape index (κ1) is 15.8. The van der Waals surface area contributed by atoms with E-state index in [1.165, 1.54) is 6.33 Å². The summed E-state index contributed by atoms with van der Waals surface area (Å²) in [7, 11) is 0. The molecule has 0 aliphatic rings. The number of thiophene rings is 1. The van der Waals surface area contributed by atoms with Gasteiger partial charge in [0.25, 0.3) is 0 Å². The smallest absolute Gasteiger partial charge is 0.138 e. The van der Waals surface area contributed by atoms with Crippen LogP contribution in [-0.2, 0) is 5.60 Å². The van der Waals surface area contributed by atoms with Gasteiger partial charge in [-0.05, 0) is 30.7 Å². The zero-order valence-corrected chi connectivity index (χ0v) is 14.5. The van der Waals surface area contributed by atoms with Crippen LogP contribution in [0.1, 0.15) is 12.7 Å². The zero-order chi connectivity index (χ0) is 17.3. The normalized spacial score (nSPS) is 13.7. The summed E-state index contributed by atoms with van der Waals surface area (Å²) in [5, 5.41) is 14.8. The molecule has 0 bridgehead atoms. The summed E-state index contributed by atoms with van der Waals surface area (Å²) in [6.07, 6.45) is 3.09. The number of benzene rings is 1. The number of fused-ring (bicyclic) bond motifs is 1. The van der Waals surface area contributed by atoms with Crippen LogP contribution in [0, 0.1) is 0 Å². The maximum atomic E-state index is 10.6. The van der Waals surface area contributed by atoms with Crippen molar-refractivity contribution in [3.8, 4) is 10.4 Å². The Morgan fingerprint density at radius 2 is 2.00 bits per heavy atom. The summed E-state index contributed by atoms with van der Waals surface area (Å²) in [5.41, 5.74) is 0.0259. The van der Waals surface area contributed by atoms with Gasteiger partial charge >= 0.3 is 0 Å². The van der Waals surface area contributed by atoms with Crippen LogP contribution in [0.5, 0.6) is 0 Å². The molecule has 3 heterocycles. The number of anilines is 1. The van der Waals surface area contributed by atoms with Crippen molar-refractivity contribution in [2.45, 2.75) is 12.5 Å². The van der Waals surface area contributed by atoms with E-state index in [0.29, 0.717) is 11.6 Å². The maximum Gasteiger partial charge on any atom is 0.138 e. The molecule has 0 aliphatic carbocycles. The fraction of sp³-hybridized carbons (Fsp3) is 0.158. The molecule has 6 heteroatoms. The van der Waals surface area contributed by atoms with Gasteiger partial charge in [-0.1, -0.05) is 30.3 Å². The summed E-state index contributed by atoms with van der Waals surface area (Å²) < 4.78 is 5.32. The third-order valence-electron chi connectivity index (χ3n) is 4.04. The fourth-order valence-corrected chi connectivity index (χ4v) is 3.67. The van der Waals surface area contributed by atoms with Crippen molar-refractivity contribution in [3.05, 3.63) is 66.9 Å². The predicted molar refractivity (Wildman–Crippen MR) is 99.6 cm³/mol. The highest BCUT2D eigenvalue weighted by molar-refractivity contribution is 7.21. The number of aromatic nitrogens is 2. The first-order chi connectivity index (χ1) is 12.1. The summed E-state index contributed by atoms with van der Waals surface area (Å²) >= 11 is 1.62. The SMILES string of the molecule is CC(O)(CNc1ncnc2sc(-c3ccccc3)cc12)c1ccco1. The molecule has 1 unspecified atom stereocenters. The second-order valence-corrected chi connectivity index (χ2v) is 7.05. The molecule has 4 aromatic rings. The molecule has 0 fully saturated rings. The molecule has 1 atom stereocenters. The molecule has 1 aromatic carbocycles. The summed E-state index contributed by atoms with van der Waals surface area (Å²) in [6, 6.07) is 15.8. The van der Waals surface area contributed by atoms with E-state index < -0.39 is 5.60 Å². The standard InChI is InChI=1S/C19H17N3O2S/c1-19(23,16-8-5-9-24-16)11-20-17-14-10-15(13-6-3-2-4-7-13)25-18(14)22-12-21-17/h2-10,12,23H,11H2,1H3,(H,20,21,22). The summed E-state index contributed by atoms with van der Waals surface area (Å²) in [4.78, 5) is 10.8. The van der Waals surface area contributed by atoms with E-state index in [1.807, 2.05) is 18.2 Å². The van der Waals surface area contributed by atoms with Crippen molar-refractivity contribution < 1.29 is 9.52 Å². The lowest BCUT2D eigenvalue weighted by molar-refractivity contribution is 0.0476. The average Bonchev–Trinajstić information content (AvgIpc) is 3.30. The van der Waals surface area contributed by atoms with Crippen LogP contribution in [0.25, 0.3) is 20.7 Å². The van der Waals surface area contributed by atoms with Crippen molar-refractivity contribution in [1.82, 2.24) is 9.97 Å². The van der Waals surface area contributed by atoms with Crippen LogP contribution in [0.3, 0.4) is 0 Å². The van der Waals surface area contributed by atoms with Crippen molar-refractivity contribution >= 4 is 27.4 Å². The Bertz CT molecular complexity index is 979. The maximum absolute atomic E-state index is 10.6. The molecule has 5 nitrogen and oxygen atoms in total. The molecule has 3 aromatic heterocycles. The molecule has 0 radical (unpaired) electrons. The van der Waals surface area contributed by atoms with E-state index in [1.54, 1.807) is 36.7 Å². The molecular formula is C19H17N3O2S. The Kier molecular flexibility index (Phi) is 3.99. The van der Waals surface area contributed by atoms with Crippen LogP contribution in [0.2, 0.25) is 0 Å². The highest BCUT2D eigenvalue weighted by atomic mass is 32.1. The molecule has 0 spiro atoms. The number of nitrogens with one attached hydrogen (secondary N) is 1. The molecule has 4 rings (SSSR count). The minimum atomic E-state index is -1.13. The minimum absolute atomic E-state index is 0.281. The summed E-state index contributed by atoms with van der Waals surface area (Å²) in [6.45, 7) is 1.99. The number of rotatable bonds is 5. The van der Waals surface area contributed by atoms with Gasteiger partial charge in [-0.15, -0.1) is 11.3 Å². The van der Waals surface area contributed by atoms with Crippen LogP contribution in [0.15, 0.2) is 65.5 Å². The van der Waals surface area contributed by atoms with Gasteiger partial charge < -0.3 is 14.8 Å². The third kappa shape index (κ3) is 3.14. The zero-order valence-electron chi connectivity index (χ0n) is 13.6. The number of nitrogens with zero attached hydrogens (tertiary/aromatic N) is 2. The van der Waals surface area contributed by atoms with Gasteiger partial charge in [-0.3, -0.25) is 0 Å². The topological polar surface area (TPSA) is 71.2 Å². The molecule has 25 heavy (non-hydrogen) atoms. The van der Waals surface area contributed by atoms with Crippen molar-refractivity contribution in [3.63, 3.8) is 0 Å². The minimum Gasteiger partial charge on any atom is -0.466 e. The Morgan fingerprint density at radius 1 is 1.16 bits per heavy atom. The van der Waals surface area contributed by atoms with E-state index >= 15 is 0 Å². The summed E-state index contributed by atoms with van der Waals surface area (Å²) in [5.74, 6) is 1.22. The predicted octanol–water partition coefficient (Wildman–Crippen LogP) is 4.27. The Hall–Kier alpha value is -2.70. The van der Waals surface area contributed by atoms with Crippen molar-refractivity contribution in [2.24, 2.45) is 0 Å². The molecular weight excluding hydrogens is 334 g/mol. The van der Waals surface area contributed by atoms with Crippen LogP contribution in [0.4, 0.5) is 5.82 Å². The fourth-order valence-electron chi connectivity index (χ4n) is 2.67. The van der Waals surface area contributed by atoms with Crippen LogP contribution in [-0.4, -0.2) is 21.6 Å². The lowest BCUT2D eigenvalue weighted by atomic mass is 10.0. The van der Waals surface area contributed by atoms with E-state index in [0.717, 1.165) is 20.7 Å². The van der Waals surface area contributed by atoms with E-state index in [9.17, 15) is 5.11 Å². The largest absolute Gasteiger partial charge is 0.466 e. The van der Waals surface area contributed by atoms with Crippen molar-refractivity contribution in [2.75, 3.05) is 11.9 Å². The quantitative estimate of drug-likeness (QED) is 0.562. The highest BCUT2D eigenvalue weighted by Crippen LogP contribution is 2.35. The van der Waals surface area contributed by atoms with E-state index in [2.05, 4.69) is 33.5 Å². The van der Waals surface area contributed by atoms with Gasteiger partial charge in [-0.2, -0.15) is 0 Å². The molecule has 2 N–H and O–H groups in total. The van der Waals surface area contributed by atoms with Gasteiger partial charge in [-0.25, -0.2) is 9.97 Å². The lowest BCUT2D eigenvalue weighted by Crippen LogP contribution is -2.30. The first-order valence-corrected chi connectivity index (χ1v) is 8.75. The molecule has 126 valence electrons. The second-order valence-electron chi connectivity index (χ2n) is 6.02. The van der Waals surface area contributed by atoms with Gasteiger partial charge in [0.1, 0.15) is 28.3 Å². The van der Waals surface area contributed by atoms with Crippen LogP contribution >= 0.6 is 11.3 Å². The van der Waals surface area contributed by atoms with Gasteiger partial charge in [0.05, 0.1) is 18.2 Å². The number of hydrogen-bond acceptors (Lipinski definition) is 6. The molecule has 0 saturated carbocycles.